The van der Waals surface area contributed by atoms with Crippen molar-refractivity contribution in [1.29, 1.82) is 0 Å². The zero-order valence-electron chi connectivity index (χ0n) is 17.4. The highest BCUT2D eigenvalue weighted by atomic mass is 16.6. The Morgan fingerprint density at radius 3 is 2.68 bits per heavy atom. The van der Waals surface area contributed by atoms with Crippen molar-refractivity contribution < 1.29 is 14.5 Å². The zero-order chi connectivity index (χ0) is 22.0. The molecule has 31 heavy (non-hydrogen) atoms. The molecule has 2 aliphatic heterocycles. The van der Waals surface area contributed by atoms with Gasteiger partial charge >= 0.3 is 0 Å². The van der Waals surface area contributed by atoms with E-state index in [1.165, 1.54) is 17.0 Å². The van der Waals surface area contributed by atoms with Crippen LogP contribution in [-0.4, -0.2) is 53.0 Å². The summed E-state index contributed by atoms with van der Waals surface area (Å²) in [4.78, 5) is 44.7. The van der Waals surface area contributed by atoms with Crippen molar-refractivity contribution in [2.24, 2.45) is 4.99 Å². The van der Waals surface area contributed by atoms with E-state index < -0.39 is 4.92 Å². The van der Waals surface area contributed by atoms with Gasteiger partial charge in [-0.15, -0.1) is 0 Å². The number of hydrogen-bond donors (Lipinski definition) is 0. The third-order valence-corrected chi connectivity index (χ3v) is 5.87. The predicted octanol–water partition coefficient (Wildman–Crippen LogP) is 3.18. The van der Waals surface area contributed by atoms with Crippen LogP contribution in [0.3, 0.4) is 0 Å². The fourth-order valence-corrected chi connectivity index (χ4v) is 4.23. The molecule has 0 spiro atoms. The molecule has 160 valence electrons. The molecule has 1 atom stereocenters. The maximum atomic E-state index is 13.1. The predicted molar refractivity (Wildman–Crippen MR) is 117 cm³/mol. The number of likely N-dealkylation sites (tertiary alicyclic amines) is 1. The third kappa shape index (κ3) is 4.19. The summed E-state index contributed by atoms with van der Waals surface area (Å²) in [6.45, 7) is 2.47. The van der Waals surface area contributed by atoms with E-state index in [9.17, 15) is 19.7 Å². The first-order chi connectivity index (χ1) is 15.0. The SMILES string of the molecule is CC1CCCCN1C(=O)CN1C(=O)CN=C(c2ccccc2)c2cc([N+](=O)[O-])ccc21. The maximum absolute atomic E-state index is 13.1. The number of fused-ring (bicyclic) bond motifs is 1. The Kier molecular flexibility index (Phi) is 5.79. The minimum absolute atomic E-state index is 0.0901. The highest BCUT2D eigenvalue weighted by Gasteiger charge is 2.31. The van der Waals surface area contributed by atoms with Gasteiger partial charge in [-0.05, 0) is 32.3 Å². The van der Waals surface area contributed by atoms with Crippen molar-refractivity contribution in [1.82, 2.24) is 4.90 Å². The Hall–Kier alpha value is -3.55. The summed E-state index contributed by atoms with van der Waals surface area (Å²) in [6, 6.07) is 13.7. The highest BCUT2D eigenvalue weighted by Crippen LogP contribution is 2.31. The van der Waals surface area contributed by atoms with Crippen molar-refractivity contribution in [2.45, 2.75) is 32.2 Å². The van der Waals surface area contributed by atoms with Crippen LogP contribution >= 0.6 is 0 Å². The summed E-state index contributed by atoms with van der Waals surface area (Å²) in [5.74, 6) is -0.424. The van der Waals surface area contributed by atoms with Crippen LogP contribution in [0.25, 0.3) is 0 Å². The van der Waals surface area contributed by atoms with E-state index in [-0.39, 0.29) is 36.6 Å². The van der Waals surface area contributed by atoms with Crippen LogP contribution < -0.4 is 4.90 Å². The van der Waals surface area contributed by atoms with Crippen molar-refractivity contribution in [3.63, 3.8) is 0 Å². The van der Waals surface area contributed by atoms with Gasteiger partial charge in [0.25, 0.3) is 5.69 Å². The van der Waals surface area contributed by atoms with Gasteiger partial charge in [-0.25, -0.2) is 0 Å². The number of carbonyl (C=O) groups excluding carboxylic acids is 2. The summed E-state index contributed by atoms with van der Waals surface area (Å²) in [6.07, 6.45) is 2.99. The molecular formula is C23H24N4O4. The van der Waals surface area contributed by atoms with Gasteiger partial charge in [-0.2, -0.15) is 0 Å². The quantitative estimate of drug-likeness (QED) is 0.561. The summed E-state index contributed by atoms with van der Waals surface area (Å²) in [5, 5.41) is 11.4. The maximum Gasteiger partial charge on any atom is 0.270 e. The fraction of sp³-hybridized carbons (Fsp3) is 0.348. The third-order valence-electron chi connectivity index (χ3n) is 5.87. The van der Waals surface area contributed by atoms with Crippen LogP contribution in [0.1, 0.15) is 37.3 Å². The van der Waals surface area contributed by atoms with E-state index in [2.05, 4.69) is 4.99 Å². The molecule has 1 fully saturated rings. The number of nitro benzene ring substituents is 1. The molecule has 2 aromatic carbocycles. The molecular weight excluding hydrogens is 396 g/mol. The number of anilines is 1. The number of non-ortho nitro benzene ring substituents is 1. The monoisotopic (exact) mass is 420 g/mol. The first kappa shape index (κ1) is 20.7. The minimum atomic E-state index is -0.472. The smallest absolute Gasteiger partial charge is 0.270 e. The molecule has 0 saturated carbocycles. The number of nitro groups is 1. The molecule has 2 aromatic rings. The van der Waals surface area contributed by atoms with Crippen molar-refractivity contribution >= 4 is 28.9 Å². The minimum Gasteiger partial charge on any atom is -0.338 e. The Labute approximate surface area is 180 Å². The van der Waals surface area contributed by atoms with Crippen LogP contribution in [0, 0.1) is 10.1 Å². The number of rotatable bonds is 4. The second-order valence-corrected chi connectivity index (χ2v) is 7.90. The number of hydrogen-bond acceptors (Lipinski definition) is 5. The Bertz CT molecular complexity index is 1050. The molecule has 8 nitrogen and oxygen atoms in total. The number of amides is 2. The molecule has 4 rings (SSSR count). The Morgan fingerprint density at radius 2 is 1.97 bits per heavy atom. The van der Waals surface area contributed by atoms with E-state index in [0.29, 0.717) is 23.5 Å². The van der Waals surface area contributed by atoms with Gasteiger partial charge in [0.2, 0.25) is 11.8 Å². The van der Waals surface area contributed by atoms with Gasteiger partial charge < -0.3 is 9.80 Å². The average molecular weight is 420 g/mol. The van der Waals surface area contributed by atoms with Crippen molar-refractivity contribution in [3.05, 3.63) is 69.8 Å². The number of aliphatic imine (C=N–C) groups is 1. The molecule has 0 aromatic heterocycles. The lowest BCUT2D eigenvalue weighted by atomic mass is 9.99. The van der Waals surface area contributed by atoms with Gasteiger partial charge in [0, 0.05) is 35.8 Å². The summed E-state index contributed by atoms with van der Waals surface area (Å²) in [5.41, 5.74) is 2.12. The Balaban J connectivity index is 1.75. The van der Waals surface area contributed by atoms with E-state index in [4.69, 9.17) is 0 Å². The highest BCUT2D eigenvalue weighted by molar-refractivity contribution is 6.20. The molecule has 1 saturated heterocycles. The summed E-state index contributed by atoms with van der Waals surface area (Å²) < 4.78 is 0. The van der Waals surface area contributed by atoms with E-state index in [1.807, 2.05) is 42.2 Å². The van der Waals surface area contributed by atoms with Gasteiger partial charge in [-0.1, -0.05) is 30.3 Å². The second-order valence-electron chi connectivity index (χ2n) is 7.90. The first-order valence-electron chi connectivity index (χ1n) is 10.4. The number of carbonyl (C=O) groups is 2. The second kappa shape index (κ2) is 8.67. The topological polar surface area (TPSA) is 96.1 Å². The number of benzene rings is 2. The van der Waals surface area contributed by atoms with Gasteiger partial charge in [0.1, 0.15) is 13.1 Å². The number of nitrogens with zero attached hydrogens (tertiary/aromatic N) is 4. The molecule has 0 N–H and O–H groups in total. The molecule has 0 aliphatic carbocycles. The van der Waals surface area contributed by atoms with Gasteiger partial charge in [0.05, 0.1) is 16.3 Å². The van der Waals surface area contributed by atoms with Crippen LogP contribution in [-0.2, 0) is 9.59 Å². The largest absolute Gasteiger partial charge is 0.338 e. The van der Waals surface area contributed by atoms with Crippen LogP contribution in [0.2, 0.25) is 0 Å². The van der Waals surface area contributed by atoms with E-state index in [1.54, 1.807) is 6.07 Å². The fourth-order valence-electron chi connectivity index (χ4n) is 4.23. The molecule has 0 radical (unpaired) electrons. The standard InChI is InChI=1S/C23H24N4O4/c1-16-7-5-6-12-25(16)22(29)15-26-20-11-10-18(27(30)31)13-19(20)23(24-14-21(26)28)17-8-3-2-4-9-17/h2-4,8-11,13,16H,5-7,12,14-15H2,1H3. The lowest BCUT2D eigenvalue weighted by Gasteiger charge is -2.35. The van der Waals surface area contributed by atoms with Crippen molar-refractivity contribution in [2.75, 3.05) is 24.5 Å². The summed E-state index contributed by atoms with van der Waals surface area (Å²) in [7, 11) is 0. The molecule has 0 bridgehead atoms. The van der Waals surface area contributed by atoms with Crippen molar-refractivity contribution in [3.8, 4) is 0 Å². The zero-order valence-corrected chi connectivity index (χ0v) is 17.4. The van der Waals surface area contributed by atoms with Gasteiger partial charge in [0.15, 0.2) is 0 Å². The first-order valence-corrected chi connectivity index (χ1v) is 10.4. The van der Waals surface area contributed by atoms with E-state index >= 15 is 0 Å². The summed E-state index contributed by atoms with van der Waals surface area (Å²) >= 11 is 0. The molecule has 8 heteroatoms. The number of benzodiazepines with no additional fused rings is 1. The normalized spacial score (nSPS) is 18.8. The molecule has 2 heterocycles. The lowest BCUT2D eigenvalue weighted by molar-refractivity contribution is -0.384. The molecule has 2 amide bonds. The average Bonchev–Trinajstić information content (AvgIpc) is 2.91. The van der Waals surface area contributed by atoms with Gasteiger partial charge in [-0.3, -0.25) is 24.7 Å². The number of piperidine rings is 1. The lowest BCUT2D eigenvalue weighted by Crippen LogP contribution is -2.48. The van der Waals surface area contributed by atoms with Crippen LogP contribution in [0.4, 0.5) is 11.4 Å². The van der Waals surface area contributed by atoms with Crippen LogP contribution in [0.15, 0.2) is 53.5 Å². The molecule has 1 unspecified atom stereocenters. The Morgan fingerprint density at radius 1 is 1.19 bits per heavy atom. The molecule has 2 aliphatic rings. The van der Waals surface area contributed by atoms with E-state index in [0.717, 1.165) is 24.8 Å². The van der Waals surface area contributed by atoms with Crippen LogP contribution in [0.5, 0.6) is 0 Å².